The number of thiazole rings is 1. The molecular formula is C19H30F3N5S. The molecule has 5 nitrogen and oxygen atoms in total. The van der Waals surface area contributed by atoms with Crippen LogP contribution in [0.2, 0.25) is 0 Å². The molecule has 28 heavy (non-hydrogen) atoms. The summed E-state index contributed by atoms with van der Waals surface area (Å²) < 4.78 is 38.0. The Morgan fingerprint density at radius 1 is 1.21 bits per heavy atom. The van der Waals surface area contributed by atoms with E-state index in [9.17, 15) is 13.2 Å². The van der Waals surface area contributed by atoms with Gasteiger partial charge in [0.15, 0.2) is 11.7 Å². The number of rotatable bonds is 5. The fourth-order valence-corrected chi connectivity index (χ4v) is 4.75. The molecule has 0 radical (unpaired) electrons. The zero-order valence-electron chi connectivity index (χ0n) is 16.4. The summed E-state index contributed by atoms with van der Waals surface area (Å²) in [6.07, 6.45) is 4.48. The standard InChI is InChI=1S/C19H30F3N5S/c1-2-23-18(24-12-17-26-16(13-28-17)19(20,21)22)25-14-8-10-27(11-9-14)15-6-4-3-5-7-15/h13-15H,2-12H2,1H3,(H2,23,24,25). The number of guanidine groups is 1. The van der Waals surface area contributed by atoms with E-state index in [0.717, 1.165) is 48.7 Å². The molecule has 0 aromatic carbocycles. The van der Waals surface area contributed by atoms with Gasteiger partial charge in [-0.2, -0.15) is 13.2 Å². The van der Waals surface area contributed by atoms with Gasteiger partial charge < -0.3 is 15.5 Å². The van der Waals surface area contributed by atoms with Crippen LogP contribution >= 0.6 is 11.3 Å². The van der Waals surface area contributed by atoms with Crippen molar-refractivity contribution >= 4 is 17.3 Å². The normalized spacial score (nSPS) is 21.1. The SMILES string of the molecule is CCNC(=NCc1nc(C(F)(F)F)cs1)NC1CCN(C2CCCCC2)CC1. The highest BCUT2D eigenvalue weighted by molar-refractivity contribution is 7.09. The lowest BCUT2D eigenvalue weighted by Gasteiger charge is -2.39. The zero-order chi connectivity index (χ0) is 20.0. The monoisotopic (exact) mass is 417 g/mol. The van der Waals surface area contributed by atoms with E-state index in [4.69, 9.17) is 0 Å². The van der Waals surface area contributed by atoms with Crippen LogP contribution in [0.4, 0.5) is 13.2 Å². The highest BCUT2D eigenvalue weighted by Gasteiger charge is 2.33. The summed E-state index contributed by atoms with van der Waals surface area (Å²) in [5, 5.41) is 8.07. The first-order chi connectivity index (χ1) is 13.5. The number of alkyl halides is 3. The molecule has 0 unspecified atom stereocenters. The maximum absolute atomic E-state index is 12.7. The van der Waals surface area contributed by atoms with E-state index in [2.05, 4.69) is 25.5 Å². The Hall–Kier alpha value is -1.35. The number of hydrogen-bond acceptors (Lipinski definition) is 4. The number of likely N-dealkylation sites (tertiary alicyclic amines) is 1. The summed E-state index contributed by atoms with van der Waals surface area (Å²) in [4.78, 5) is 10.7. The smallest absolute Gasteiger partial charge is 0.357 e. The van der Waals surface area contributed by atoms with E-state index in [1.54, 1.807) is 0 Å². The lowest BCUT2D eigenvalue weighted by atomic mass is 9.92. The number of aromatic nitrogens is 1. The summed E-state index contributed by atoms with van der Waals surface area (Å²) in [5.74, 6) is 0.655. The number of halogens is 3. The van der Waals surface area contributed by atoms with Gasteiger partial charge in [0.25, 0.3) is 0 Å². The minimum atomic E-state index is -4.40. The molecule has 1 saturated heterocycles. The number of nitrogens with zero attached hydrogens (tertiary/aromatic N) is 3. The summed E-state index contributed by atoms with van der Waals surface area (Å²) in [6.45, 7) is 5.04. The topological polar surface area (TPSA) is 52.6 Å². The van der Waals surface area contributed by atoms with Crippen molar-refractivity contribution in [2.24, 2.45) is 4.99 Å². The fourth-order valence-electron chi connectivity index (χ4n) is 4.03. The number of nitrogens with one attached hydrogen (secondary N) is 2. The van der Waals surface area contributed by atoms with Crippen LogP contribution in [0.1, 0.15) is 62.6 Å². The summed E-state index contributed by atoms with van der Waals surface area (Å²) in [7, 11) is 0. The average molecular weight is 418 g/mol. The second-order valence-corrected chi connectivity index (χ2v) is 8.51. The maximum Gasteiger partial charge on any atom is 0.434 e. The Morgan fingerprint density at radius 2 is 1.93 bits per heavy atom. The molecule has 1 aliphatic carbocycles. The molecule has 0 atom stereocenters. The van der Waals surface area contributed by atoms with Crippen LogP contribution in [0.15, 0.2) is 10.4 Å². The van der Waals surface area contributed by atoms with Crippen molar-refractivity contribution in [3.05, 3.63) is 16.1 Å². The van der Waals surface area contributed by atoms with Crippen molar-refractivity contribution in [1.29, 1.82) is 0 Å². The first-order valence-corrected chi connectivity index (χ1v) is 11.1. The van der Waals surface area contributed by atoms with Gasteiger partial charge in [0.05, 0.1) is 6.54 Å². The van der Waals surface area contributed by atoms with Crippen molar-refractivity contribution < 1.29 is 13.2 Å². The second kappa shape index (κ2) is 9.91. The van der Waals surface area contributed by atoms with E-state index in [-0.39, 0.29) is 6.54 Å². The van der Waals surface area contributed by atoms with Crippen LogP contribution in [-0.4, -0.2) is 47.6 Å². The molecule has 158 valence electrons. The first kappa shape index (κ1) is 21.4. The van der Waals surface area contributed by atoms with Crippen molar-refractivity contribution in [2.75, 3.05) is 19.6 Å². The molecule has 2 heterocycles. The van der Waals surface area contributed by atoms with Crippen LogP contribution in [0.3, 0.4) is 0 Å². The summed E-state index contributed by atoms with van der Waals surface area (Å²) in [6, 6.07) is 1.10. The van der Waals surface area contributed by atoms with Gasteiger partial charge in [0.1, 0.15) is 5.01 Å². The van der Waals surface area contributed by atoms with Gasteiger partial charge >= 0.3 is 6.18 Å². The third-order valence-electron chi connectivity index (χ3n) is 5.52. The molecule has 0 spiro atoms. The minimum absolute atomic E-state index is 0.150. The van der Waals surface area contributed by atoms with Crippen LogP contribution < -0.4 is 10.6 Å². The molecule has 2 aliphatic rings. The third kappa shape index (κ3) is 6.07. The molecule has 1 aromatic heterocycles. The summed E-state index contributed by atoms with van der Waals surface area (Å²) in [5.41, 5.74) is -0.837. The molecule has 1 aromatic rings. The van der Waals surface area contributed by atoms with Crippen molar-refractivity contribution in [3.8, 4) is 0 Å². The lowest BCUT2D eigenvalue weighted by molar-refractivity contribution is -0.140. The highest BCUT2D eigenvalue weighted by atomic mass is 32.1. The molecule has 1 aliphatic heterocycles. The van der Waals surface area contributed by atoms with Gasteiger partial charge in [-0.1, -0.05) is 19.3 Å². The quantitative estimate of drug-likeness (QED) is 0.561. The van der Waals surface area contributed by atoms with E-state index < -0.39 is 11.9 Å². The third-order valence-corrected chi connectivity index (χ3v) is 6.35. The average Bonchev–Trinajstić information content (AvgIpc) is 3.17. The van der Waals surface area contributed by atoms with Crippen molar-refractivity contribution in [3.63, 3.8) is 0 Å². The van der Waals surface area contributed by atoms with E-state index in [0.29, 0.717) is 23.6 Å². The molecular weight excluding hydrogens is 387 g/mol. The predicted octanol–water partition coefficient (Wildman–Crippen LogP) is 4.01. The molecule has 3 rings (SSSR count). The van der Waals surface area contributed by atoms with Crippen LogP contribution in [0.25, 0.3) is 0 Å². The maximum atomic E-state index is 12.7. The minimum Gasteiger partial charge on any atom is -0.357 e. The molecule has 2 N–H and O–H groups in total. The second-order valence-electron chi connectivity index (χ2n) is 7.57. The van der Waals surface area contributed by atoms with Crippen molar-refractivity contribution in [1.82, 2.24) is 20.5 Å². The Labute approximate surface area is 168 Å². The van der Waals surface area contributed by atoms with Crippen LogP contribution in [0, 0.1) is 0 Å². The molecule has 2 fully saturated rings. The van der Waals surface area contributed by atoms with E-state index in [1.807, 2.05) is 6.92 Å². The summed E-state index contributed by atoms with van der Waals surface area (Å²) >= 11 is 0.998. The van der Waals surface area contributed by atoms with E-state index in [1.165, 1.54) is 32.1 Å². The van der Waals surface area contributed by atoms with Gasteiger partial charge in [0.2, 0.25) is 0 Å². The molecule has 0 bridgehead atoms. The van der Waals surface area contributed by atoms with Gasteiger partial charge in [-0.3, -0.25) is 0 Å². The van der Waals surface area contributed by atoms with Gasteiger partial charge in [0, 0.05) is 37.1 Å². The molecule has 0 amide bonds. The fraction of sp³-hybridized carbons (Fsp3) is 0.789. The van der Waals surface area contributed by atoms with Crippen LogP contribution in [0.5, 0.6) is 0 Å². The molecule has 1 saturated carbocycles. The van der Waals surface area contributed by atoms with Gasteiger partial charge in [-0.25, -0.2) is 9.98 Å². The van der Waals surface area contributed by atoms with E-state index >= 15 is 0 Å². The Morgan fingerprint density at radius 3 is 2.54 bits per heavy atom. The predicted molar refractivity (Wildman–Crippen MR) is 107 cm³/mol. The largest absolute Gasteiger partial charge is 0.434 e. The first-order valence-electron chi connectivity index (χ1n) is 10.3. The lowest BCUT2D eigenvalue weighted by Crippen LogP contribution is -2.50. The van der Waals surface area contributed by atoms with Gasteiger partial charge in [-0.05, 0) is 32.6 Å². The van der Waals surface area contributed by atoms with Crippen molar-refractivity contribution in [2.45, 2.75) is 76.7 Å². The van der Waals surface area contributed by atoms with Crippen LogP contribution in [-0.2, 0) is 12.7 Å². The zero-order valence-corrected chi connectivity index (χ0v) is 17.2. The molecule has 9 heteroatoms. The number of aliphatic imine (C=N–C) groups is 1. The Bertz CT molecular complexity index is 632. The Kier molecular flexibility index (Phi) is 7.56. The van der Waals surface area contributed by atoms with Gasteiger partial charge in [-0.15, -0.1) is 11.3 Å². The number of piperidine rings is 1. The highest BCUT2D eigenvalue weighted by Crippen LogP contribution is 2.30. The Balaban J connectivity index is 1.50. The number of hydrogen-bond donors (Lipinski definition) is 2.